The van der Waals surface area contributed by atoms with Gasteiger partial charge in [0.05, 0.1) is 5.69 Å². The maximum Gasteiger partial charge on any atom is 0.412 e. The number of ether oxygens (including phenoxy) is 2. The maximum absolute atomic E-state index is 12.0. The molecule has 2 aromatic carbocycles. The first-order valence-corrected chi connectivity index (χ1v) is 8.11. The molecule has 0 aliphatic carbocycles. The number of amides is 1. The van der Waals surface area contributed by atoms with Crippen molar-refractivity contribution >= 4 is 17.5 Å². The van der Waals surface area contributed by atoms with Gasteiger partial charge in [0.25, 0.3) is 0 Å². The zero-order valence-corrected chi connectivity index (χ0v) is 15.1. The maximum atomic E-state index is 12.0. The molecule has 5 heteroatoms. The highest BCUT2D eigenvalue weighted by Gasteiger charge is 2.18. The Balaban J connectivity index is 2.11. The fraction of sp³-hybridized carbons (Fsp3) is 0.300. The predicted octanol–water partition coefficient (Wildman–Crippen LogP) is 5.00. The molecule has 132 valence electrons. The highest BCUT2D eigenvalue weighted by atomic mass is 16.6. The van der Waals surface area contributed by atoms with Crippen molar-refractivity contribution in [2.75, 3.05) is 5.32 Å². The Labute approximate surface area is 148 Å². The topological polar surface area (TPSA) is 71.4 Å². The summed E-state index contributed by atoms with van der Waals surface area (Å²) in [6.07, 6.45) is -0.548. The van der Waals surface area contributed by atoms with Gasteiger partial charge in [-0.15, -0.1) is 0 Å². The number of hydrogen-bond acceptors (Lipinski definition) is 4. The molecule has 0 atom stereocenters. The van der Waals surface area contributed by atoms with E-state index in [2.05, 4.69) is 5.32 Å². The molecule has 0 spiro atoms. The van der Waals surface area contributed by atoms with E-state index in [0.29, 0.717) is 29.3 Å². The fourth-order valence-corrected chi connectivity index (χ4v) is 2.19. The lowest BCUT2D eigenvalue weighted by Crippen LogP contribution is -2.27. The van der Waals surface area contributed by atoms with Crippen LogP contribution in [-0.2, 0) is 11.3 Å². The van der Waals surface area contributed by atoms with Crippen molar-refractivity contribution in [1.82, 2.24) is 0 Å². The van der Waals surface area contributed by atoms with Gasteiger partial charge in [0.1, 0.15) is 18.0 Å². The molecular formula is C20H24N2O3. The van der Waals surface area contributed by atoms with Crippen molar-refractivity contribution in [1.29, 1.82) is 5.41 Å². The van der Waals surface area contributed by atoms with E-state index in [9.17, 15) is 4.79 Å². The molecule has 0 saturated carbocycles. The summed E-state index contributed by atoms with van der Waals surface area (Å²) in [4.78, 5) is 12.0. The van der Waals surface area contributed by atoms with Gasteiger partial charge in [0, 0.05) is 11.3 Å². The first kappa shape index (κ1) is 18.5. The van der Waals surface area contributed by atoms with Gasteiger partial charge >= 0.3 is 6.09 Å². The Hall–Kier alpha value is -2.82. The molecule has 2 rings (SSSR count). The van der Waals surface area contributed by atoms with Crippen molar-refractivity contribution in [3.05, 3.63) is 59.7 Å². The Morgan fingerprint density at radius 1 is 1.12 bits per heavy atom. The summed E-state index contributed by atoms with van der Waals surface area (Å²) >= 11 is 0. The van der Waals surface area contributed by atoms with E-state index in [1.165, 1.54) is 0 Å². The van der Waals surface area contributed by atoms with Gasteiger partial charge in [0.15, 0.2) is 0 Å². The van der Waals surface area contributed by atoms with Gasteiger partial charge in [-0.25, -0.2) is 4.79 Å². The minimum Gasteiger partial charge on any atom is -0.489 e. The summed E-state index contributed by atoms with van der Waals surface area (Å²) in [5.74, 6) is 0.639. The third-order valence-corrected chi connectivity index (χ3v) is 3.28. The van der Waals surface area contributed by atoms with Crippen LogP contribution < -0.4 is 10.1 Å². The number of carbonyl (C=O) groups excluding carboxylic acids is 1. The van der Waals surface area contributed by atoms with Crippen molar-refractivity contribution in [2.24, 2.45) is 0 Å². The molecule has 0 aliphatic rings. The molecule has 0 aromatic heterocycles. The van der Waals surface area contributed by atoms with E-state index in [-0.39, 0.29) is 0 Å². The normalized spacial score (nSPS) is 10.9. The third kappa shape index (κ3) is 5.95. The third-order valence-electron chi connectivity index (χ3n) is 3.28. The van der Waals surface area contributed by atoms with Crippen molar-refractivity contribution in [3.63, 3.8) is 0 Å². The van der Waals surface area contributed by atoms with Crippen LogP contribution in [0.25, 0.3) is 0 Å². The van der Waals surface area contributed by atoms with Crippen LogP contribution >= 0.6 is 0 Å². The van der Waals surface area contributed by atoms with Crippen LogP contribution in [-0.4, -0.2) is 17.4 Å². The first-order chi connectivity index (χ1) is 11.7. The van der Waals surface area contributed by atoms with Gasteiger partial charge in [-0.2, -0.15) is 0 Å². The molecule has 2 aromatic rings. The number of benzene rings is 2. The van der Waals surface area contributed by atoms with Gasteiger partial charge in [-0.05, 0) is 51.5 Å². The van der Waals surface area contributed by atoms with Crippen LogP contribution in [0.5, 0.6) is 5.75 Å². The Morgan fingerprint density at radius 3 is 2.40 bits per heavy atom. The summed E-state index contributed by atoms with van der Waals surface area (Å²) in [5.41, 5.74) is 1.93. The van der Waals surface area contributed by atoms with E-state index >= 15 is 0 Å². The molecule has 0 unspecified atom stereocenters. The lowest BCUT2D eigenvalue weighted by atomic mass is 10.1. The average molecular weight is 340 g/mol. The summed E-state index contributed by atoms with van der Waals surface area (Å²) in [7, 11) is 0. The minimum absolute atomic E-state index is 0.330. The number of nitrogens with one attached hydrogen (secondary N) is 2. The molecule has 2 N–H and O–H groups in total. The zero-order chi connectivity index (χ0) is 18.4. The molecule has 5 nitrogen and oxygen atoms in total. The first-order valence-electron chi connectivity index (χ1n) is 8.11. The Bertz CT molecular complexity index is 749. The molecular weight excluding hydrogens is 316 g/mol. The van der Waals surface area contributed by atoms with Crippen LogP contribution in [0.2, 0.25) is 0 Å². The van der Waals surface area contributed by atoms with E-state index in [1.54, 1.807) is 45.9 Å². The molecule has 0 radical (unpaired) electrons. The number of rotatable bonds is 5. The predicted molar refractivity (Wildman–Crippen MR) is 99.6 cm³/mol. The quantitative estimate of drug-likeness (QED) is 0.752. The highest BCUT2D eigenvalue weighted by molar-refractivity contribution is 6.04. The number of carbonyl (C=O) groups is 1. The Kier molecular flexibility index (Phi) is 5.80. The second kappa shape index (κ2) is 7.83. The van der Waals surface area contributed by atoms with E-state index in [1.807, 2.05) is 30.3 Å². The summed E-state index contributed by atoms with van der Waals surface area (Å²) in [6, 6.07) is 15.1. The van der Waals surface area contributed by atoms with Gasteiger partial charge in [0.2, 0.25) is 0 Å². The fourth-order valence-electron chi connectivity index (χ4n) is 2.19. The molecule has 0 fully saturated rings. The zero-order valence-electron chi connectivity index (χ0n) is 15.1. The van der Waals surface area contributed by atoms with Crippen molar-refractivity contribution < 1.29 is 14.3 Å². The van der Waals surface area contributed by atoms with E-state index in [0.717, 1.165) is 5.56 Å². The van der Waals surface area contributed by atoms with Crippen LogP contribution in [0, 0.1) is 5.41 Å². The van der Waals surface area contributed by atoms with Crippen LogP contribution in [0.3, 0.4) is 0 Å². The van der Waals surface area contributed by atoms with E-state index < -0.39 is 11.7 Å². The van der Waals surface area contributed by atoms with Crippen molar-refractivity contribution in [3.8, 4) is 5.75 Å². The molecule has 1 amide bonds. The Morgan fingerprint density at radius 2 is 1.80 bits per heavy atom. The summed E-state index contributed by atoms with van der Waals surface area (Å²) in [6.45, 7) is 7.51. The van der Waals surface area contributed by atoms with Gasteiger partial charge < -0.3 is 14.9 Å². The largest absolute Gasteiger partial charge is 0.489 e. The SMILES string of the molecule is CC(=N)c1cc(OCc2ccccc2)ccc1NC(=O)OC(C)(C)C. The monoisotopic (exact) mass is 340 g/mol. The smallest absolute Gasteiger partial charge is 0.412 e. The lowest BCUT2D eigenvalue weighted by molar-refractivity contribution is 0.0636. The van der Waals surface area contributed by atoms with Gasteiger partial charge in [-0.3, -0.25) is 5.32 Å². The number of hydrogen-bond donors (Lipinski definition) is 2. The standard InChI is InChI=1S/C20H24N2O3/c1-14(21)17-12-16(24-13-15-8-6-5-7-9-15)10-11-18(17)22-19(23)25-20(2,3)4/h5-12,21H,13H2,1-4H3,(H,22,23). The average Bonchev–Trinajstić information content (AvgIpc) is 2.53. The van der Waals surface area contributed by atoms with E-state index in [4.69, 9.17) is 14.9 Å². The highest BCUT2D eigenvalue weighted by Crippen LogP contribution is 2.24. The molecule has 0 saturated heterocycles. The summed E-state index contributed by atoms with van der Waals surface area (Å²) < 4.78 is 11.0. The van der Waals surface area contributed by atoms with Gasteiger partial charge in [-0.1, -0.05) is 30.3 Å². The lowest BCUT2D eigenvalue weighted by Gasteiger charge is -2.20. The summed E-state index contributed by atoms with van der Waals surface area (Å²) in [5, 5.41) is 10.6. The number of anilines is 1. The van der Waals surface area contributed by atoms with Crippen LogP contribution in [0.1, 0.15) is 38.8 Å². The molecule has 25 heavy (non-hydrogen) atoms. The molecule has 0 aliphatic heterocycles. The van der Waals surface area contributed by atoms with Crippen LogP contribution in [0.15, 0.2) is 48.5 Å². The second-order valence-corrected chi connectivity index (χ2v) is 6.73. The van der Waals surface area contributed by atoms with Crippen molar-refractivity contribution in [2.45, 2.75) is 39.9 Å². The van der Waals surface area contributed by atoms with Crippen LogP contribution in [0.4, 0.5) is 10.5 Å². The molecule has 0 bridgehead atoms. The molecule has 0 heterocycles. The minimum atomic E-state index is -0.581. The second-order valence-electron chi connectivity index (χ2n) is 6.73.